The number of fused-ring (bicyclic) bond motifs is 3. The van der Waals surface area contributed by atoms with Crippen LogP contribution in [0.5, 0.6) is 0 Å². The third-order valence-corrected chi connectivity index (χ3v) is 15.3. The maximum atomic E-state index is 13.4. The van der Waals surface area contributed by atoms with Gasteiger partial charge in [0.2, 0.25) is 0 Å². The van der Waals surface area contributed by atoms with Gasteiger partial charge >= 0.3 is 0 Å². The second-order valence-electron chi connectivity index (χ2n) is 14.4. The van der Waals surface area contributed by atoms with Crippen LogP contribution < -0.4 is 4.90 Å². The molecule has 220 valence electrons. The van der Waals surface area contributed by atoms with Crippen molar-refractivity contribution in [2.75, 3.05) is 31.3 Å². The Balaban J connectivity index is 1.53. The van der Waals surface area contributed by atoms with Gasteiger partial charge in [-0.05, 0) is 61.8 Å². The molecule has 0 bridgehead atoms. The van der Waals surface area contributed by atoms with E-state index >= 15 is 0 Å². The molecule has 0 radical (unpaired) electrons. The van der Waals surface area contributed by atoms with Gasteiger partial charge in [0.25, 0.3) is 5.91 Å². The standard InChI is InChI=1S/C30H49N5O3Si2/c1-30(2,3)40(7,8)38-20-23-9-11-24(12-10-23)35-21-33(16-14-31)29(36)26-19-32-28-25(27(26)35)13-15-34(28)22-37-17-18-39(4,5)6/h13,15,19,23-24H,9-12,16-18,20-22H2,1-8H3. The minimum absolute atomic E-state index is 0.0778. The molecule has 40 heavy (non-hydrogen) atoms. The number of ether oxygens (including phenoxy) is 1. The summed E-state index contributed by atoms with van der Waals surface area (Å²) in [6, 6.07) is 5.68. The normalized spacial score (nSPS) is 20.6. The lowest BCUT2D eigenvalue weighted by Crippen LogP contribution is -2.52. The molecule has 0 N–H and O–H groups in total. The zero-order chi connectivity index (χ0) is 29.3. The third kappa shape index (κ3) is 6.81. The molecule has 2 aromatic heterocycles. The Labute approximate surface area is 242 Å². The number of nitriles is 1. The molecule has 2 aromatic rings. The molecule has 0 aromatic carbocycles. The maximum absolute atomic E-state index is 13.4. The van der Waals surface area contributed by atoms with E-state index in [-0.39, 0.29) is 17.5 Å². The van der Waals surface area contributed by atoms with Crippen LogP contribution in [0.25, 0.3) is 11.0 Å². The van der Waals surface area contributed by atoms with Crippen LogP contribution in [0.3, 0.4) is 0 Å². The Hall–Kier alpha value is -2.20. The van der Waals surface area contributed by atoms with Crippen LogP contribution in [0.2, 0.25) is 43.8 Å². The van der Waals surface area contributed by atoms with Gasteiger partial charge in [-0.15, -0.1) is 0 Å². The zero-order valence-corrected chi connectivity index (χ0v) is 27.9. The van der Waals surface area contributed by atoms with Crippen molar-refractivity contribution in [3.63, 3.8) is 0 Å². The van der Waals surface area contributed by atoms with Crippen LogP contribution in [0.15, 0.2) is 18.5 Å². The van der Waals surface area contributed by atoms with Crippen LogP contribution in [-0.2, 0) is 15.9 Å². The number of hydrogen-bond acceptors (Lipinski definition) is 6. The first kappa shape index (κ1) is 30.8. The van der Waals surface area contributed by atoms with E-state index in [0.717, 1.165) is 61.7 Å². The third-order valence-electron chi connectivity index (χ3n) is 9.12. The summed E-state index contributed by atoms with van der Waals surface area (Å²) in [6.45, 7) is 21.1. The largest absolute Gasteiger partial charge is 0.417 e. The lowest BCUT2D eigenvalue weighted by molar-refractivity contribution is 0.0752. The van der Waals surface area contributed by atoms with E-state index in [0.29, 0.717) is 30.9 Å². The summed E-state index contributed by atoms with van der Waals surface area (Å²) in [5.41, 5.74) is 2.40. The van der Waals surface area contributed by atoms with E-state index in [1.165, 1.54) is 0 Å². The van der Waals surface area contributed by atoms with Gasteiger partial charge in [0.1, 0.15) is 18.9 Å². The van der Waals surface area contributed by atoms with E-state index in [2.05, 4.69) is 70.5 Å². The molecule has 1 aliphatic heterocycles. The fraction of sp³-hybridized carbons (Fsp3) is 0.700. The molecule has 0 unspecified atom stereocenters. The number of carbonyl (C=O) groups is 1. The predicted molar refractivity (Wildman–Crippen MR) is 167 cm³/mol. The Morgan fingerprint density at radius 2 is 1.82 bits per heavy atom. The van der Waals surface area contributed by atoms with E-state index in [9.17, 15) is 10.1 Å². The Morgan fingerprint density at radius 1 is 1.12 bits per heavy atom. The van der Waals surface area contributed by atoms with Crippen molar-refractivity contribution in [2.45, 2.75) is 103 Å². The first-order valence-corrected chi connectivity index (χ1v) is 21.5. The number of aromatic nitrogens is 2. The molecule has 1 fully saturated rings. The topological polar surface area (TPSA) is 83.6 Å². The van der Waals surface area contributed by atoms with Crippen LogP contribution in [-0.4, -0.2) is 69.2 Å². The number of rotatable bonds is 10. The molecule has 1 aliphatic carbocycles. The highest BCUT2D eigenvalue weighted by molar-refractivity contribution is 6.76. The summed E-state index contributed by atoms with van der Waals surface area (Å²) in [4.78, 5) is 22.1. The van der Waals surface area contributed by atoms with Crippen molar-refractivity contribution in [2.24, 2.45) is 5.92 Å². The van der Waals surface area contributed by atoms with E-state index < -0.39 is 16.4 Å². The van der Waals surface area contributed by atoms with Crippen molar-refractivity contribution < 1.29 is 14.0 Å². The fourth-order valence-electron chi connectivity index (χ4n) is 5.40. The molecule has 8 nitrogen and oxygen atoms in total. The Bertz CT molecular complexity index is 1230. The highest BCUT2D eigenvalue weighted by atomic mass is 28.4. The van der Waals surface area contributed by atoms with E-state index in [4.69, 9.17) is 14.1 Å². The first-order chi connectivity index (χ1) is 18.7. The van der Waals surface area contributed by atoms with Gasteiger partial charge in [-0.2, -0.15) is 5.26 Å². The number of nitrogens with zero attached hydrogens (tertiary/aromatic N) is 5. The predicted octanol–water partition coefficient (Wildman–Crippen LogP) is 6.67. The summed E-state index contributed by atoms with van der Waals surface area (Å²) >= 11 is 0. The van der Waals surface area contributed by atoms with E-state index in [1.54, 1.807) is 11.1 Å². The van der Waals surface area contributed by atoms with Gasteiger partial charge in [-0.25, -0.2) is 4.98 Å². The number of hydrogen-bond donors (Lipinski definition) is 0. The van der Waals surface area contributed by atoms with Crippen molar-refractivity contribution in [3.05, 3.63) is 24.0 Å². The van der Waals surface area contributed by atoms with Gasteiger partial charge in [-0.1, -0.05) is 40.4 Å². The average Bonchev–Trinajstić information content (AvgIpc) is 3.29. The molecular weight excluding hydrogens is 535 g/mol. The fourth-order valence-corrected chi connectivity index (χ4v) is 7.24. The quantitative estimate of drug-likeness (QED) is 0.176. The second-order valence-corrected chi connectivity index (χ2v) is 24.8. The van der Waals surface area contributed by atoms with Crippen LogP contribution in [0.4, 0.5) is 5.69 Å². The SMILES string of the molecule is CC(C)(C)[Si](C)(C)OCC1CCC(N2CN(CC#N)C(=O)c3cnc4c(ccn4COCC[Si](C)(C)C)c32)CC1. The minimum Gasteiger partial charge on any atom is -0.417 e. The number of pyridine rings is 1. The van der Waals surface area contributed by atoms with Crippen molar-refractivity contribution in [1.82, 2.24) is 14.5 Å². The molecule has 1 amide bonds. The van der Waals surface area contributed by atoms with Gasteiger partial charge < -0.3 is 23.5 Å². The van der Waals surface area contributed by atoms with E-state index in [1.807, 2.05) is 10.8 Å². The smallest absolute Gasteiger partial charge is 0.259 e. The van der Waals surface area contributed by atoms with Gasteiger partial charge in [0, 0.05) is 45.1 Å². The molecule has 0 saturated heterocycles. The molecule has 0 spiro atoms. The highest BCUT2D eigenvalue weighted by Crippen LogP contribution is 2.41. The highest BCUT2D eigenvalue weighted by Gasteiger charge is 2.39. The average molecular weight is 584 g/mol. The summed E-state index contributed by atoms with van der Waals surface area (Å²) in [7, 11) is -2.92. The molecule has 4 rings (SSSR count). The molecule has 10 heteroatoms. The second kappa shape index (κ2) is 12.0. The van der Waals surface area contributed by atoms with Crippen LogP contribution >= 0.6 is 0 Å². The molecule has 1 saturated carbocycles. The van der Waals surface area contributed by atoms with Gasteiger partial charge in [-0.3, -0.25) is 4.79 Å². The lowest BCUT2D eigenvalue weighted by atomic mass is 9.85. The Morgan fingerprint density at radius 3 is 2.45 bits per heavy atom. The molecular formula is C30H49N5O3Si2. The monoisotopic (exact) mass is 583 g/mol. The number of carbonyl (C=O) groups excluding carboxylic acids is 1. The molecule has 0 atom stereocenters. The van der Waals surface area contributed by atoms with Crippen LogP contribution in [0, 0.1) is 17.2 Å². The van der Waals surface area contributed by atoms with Crippen LogP contribution in [0.1, 0.15) is 56.8 Å². The first-order valence-electron chi connectivity index (χ1n) is 14.8. The van der Waals surface area contributed by atoms with Gasteiger partial charge in [0.15, 0.2) is 8.32 Å². The maximum Gasteiger partial charge on any atom is 0.259 e. The van der Waals surface area contributed by atoms with Gasteiger partial charge in [0.05, 0.1) is 24.0 Å². The summed E-state index contributed by atoms with van der Waals surface area (Å²) in [5, 5.41) is 10.6. The molecule has 3 heterocycles. The Kier molecular flexibility index (Phi) is 9.20. The van der Waals surface area contributed by atoms with Crippen molar-refractivity contribution in [3.8, 4) is 6.07 Å². The summed E-state index contributed by atoms with van der Waals surface area (Å²) < 4.78 is 14.6. The minimum atomic E-state index is -1.76. The number of anilines is 1. The van der Waals surface area contributed by atoms with Crippen molar-refractivity contribution >= 4 is 39.0 Å². The lowest BCUT2D eigenvalue weighted by Gasteiger charge is -2.44. The molecule has 2 aliphatic rings. The summed E-state index contributed by atoms with van der Waals surface area (Å²) in [5.74, 6) is 0.455. The van der Waals surface area contributed by atoms with Crippen molar-refractivity contribution in [1.29, 1.82) is 5.26 Å². The number of amides is 1. The summed E-state index contributed by atoms with van der Waals surface area (Å²) in [6.07, 6.45) is 8.03. The zero-order valence-electron chi connectivity index (χ0n) is 25.9.